The molecule has 0 aliphatic carbocycles. The molecular formula is C24H24N4O5S2. The van der Waals surface area contributed by atoms with Crippen molar-refractivity contribution < 1.29 is 18.0 Å². The molecule has 2 unspecified atom stereocenters. The predicted molar refractivity (Wildman–Crippen MR) is 134 cm³/mol. The molecule has 2 atom stereocenters. The fraction of sp³-hybridized carbons (Fsp3) is 0.292. The third-order valence-electron chi connectivity index (χ3n) is 6.44. The van der Waals surface area contributed by atoms with Gasteiger partial charge in [-0.1, -0.05) is 6.07 Å². The van der Waals surface area contributed by atoms with Crippen molar-refractivity contribution >= 4 is 44.5 Å². The maximum Gasteiger partial charge on any atom is 0.321 e. The molecule has 9 nitrogen and oxygen atoms in total. The van der Waals surface area contributed by atoms with E-state index >= 15 is 0 Å². The first kappa shape index (κ1) is 23.3. The summed E-state index contributed by atoms with van der Waals surface area (Å²) >= 11 is 1.08. The number of piperidine rings is 1. The summed E-state index contributed by atoms with van der Waals surface area (Å²) in [6, 6.07) is 12.9. The summed E-state index contributed by atoms with van der Waals surface area (Å²) in [4.78, 5) is 39.3. The lowest BCUT2D eigenvalue weighted by atomic mass is 9.83. The number of benzene rings is 1. The van der Waals surface area contributed by atoms with Gasteiger partial charge >= 0.3 is 6.03 Å². The SMILES string of the molecule is CC(=O)c1ccc(NC(=O)N2CC3CC(C2)c2ccc(NS(=O)(=O)c4cccs4)c(=O)n2C3)cc1. The maximum absolute atomic E-state index is 13.1. The van der Waals surface area contributed by atoms with Crippen LogP contribution in [0.1, 0.15) is 35.3 Å². The number of anilines is 2. The van der Waals surface area contributed by atoms with Crippen LogP contribution in [0, 0.1) is 5.92 Å². The van der Waals surface area contributed by atoms with Crippen LogP contribution in [0.2, 0.25) is 0 Å². The van der Waals surface area contributed by atoms with Gasteiger partial charge in [0.25, 0.3) is 15.6 Å². The van der Waals surface area contributed by atoms with Gasteiger partial charge in [0, 0.05) is 42.5 Å². The smallest absolute Gasteiger partial charge is 0.321 e. The minimum atomic E-state index is -3.82. The van der Waals surface area contributed by atoms with Gasteiger partial charge in [-0.3, -0.25) is 14.3 Å². The van der Waals surface area contributed by atoms with Crippen molar-refractivity contribution in [3.8, 4) is 0 Å². The van der Waals surface area contributed by atoms with Gasteiger partial charge in [0.1, 0.15) is 9.90 Å². The van der Waals surface area contributed by atoms with E-state index in [-0.39, 0.29) is 39.1 Å². The molecule has 2 aliphatic rings. The number of likely N-dealkylation sites (tertiary alicyclic amines) is 1. The van der Waals surface area contributed by atoms with E-state index in [9.17, 15) is 22.8 Å². The topological polar surface area (TPSA) is 118 Å². The number of carbonyl (C=O) groups is 2. The van der Waals surface area contributed by atoms with Crippen LogP contribution in [0.4, 0.5) is 16.2 Å². The van der Waals surface area contributed by atoms with Crippen molar-refractivity contribution in [2.24, 2.45) is 5.92 Å². The average Bonchev–Trinajstić information content (AvgIpc) is 3.38. The van der Waals surface area contributed by atoms with Gasteiger partial charge in [0.05, 0.1) is 0 Å². The van der Waals surface area contributed by atoms with Gasteiger partial charge in [-0.05, 0) is 67.1 Å². The summed E-state index contributed by atoms with van der Waals surface area (Å²) in [5.41, 5.74) is 1.63. The van der Waals surface area contributed by atoms with Crippen LogP contribution in [-0.4, -0.2) is 42.8 Å². The normalized spacial score (nSPS) is 19.1. The van der Waals surface area contributed by atoms with Crippen molar-refractivity contribution in [3.05, 3.63) is 75.5 Å². The monoisotopic (exact) mass is 512 g/mol. The molecule has 0 radical (unpaired) electrons. The largest absolute Gasteiger partial charge is 0.324 e. The van der Waals surface area contributed by atoms with E-state index < -0.39 is 10.0 Å². The predicted octanol–water partition coefficient (Wildman–Crippen LogP) is 3.56. The Morgan fingerprint density at radius 1 is 1.03 bits per heavy atom. The Balaban J connectivity index is 1.32. The Morgan fingerprint density at radius 3 is 2.49 bits per heavy atom. The van der Waals surface area contributed by atoms with Crippen LogP contribution in [0.5, 0.6) is 0 Å². The molecule has 5 rings (SSSR count). The van der Waals surface area contributed by atoms with E-state index in [1.54, 1.807) is 51.2 Å². The third kappa shape index (κ3) is 4.61. The summed E-state index contributed by atoms with van der Waals surface area (Å²) in [7, 11) is -3.82. The second-order valence-electron chi connectivity index (χ2n) is 8.89. The minimum Gasteiger partial charge on any atom is -0.324 e. The number of rotatable bonds is 5. The molecule has 3 aromatic rings. The number of ketones is 1. The first-order chi connectivity index (χ1) is 16.7. The molecule has 0 spiro atoms. The van der Waals surface area contributed by atoms with Gasteiger partial charge in [-0.15, -0.1) is 11.3 Å². The van der Waals surface area contributed by atoms with Gasteiger partial charge in [-0.2, -0.15) is 0 Å². The van der Waals surface area contributed by atoms with Crippen LogP contribution in [0.15, 0.2) is 62.9 Å². The summed E-state index contributed by atoms with van der Waals surface area (Å²) in [5, 5.41) is 4.55. The Kier molecular flexibility index (Phi) is 5.97. The summed E-state index contributed by atoms with van der Waals surface area (Å²) < 4.78 is 29.4. The molecule has 11 heteroatoms. The number of amides is 2. The molecule has 182 valence electrons. The zero-order valence-electron chi connectivity index (χ0n) is 18.9. The fourth-order valence-corrected chi connectivity index (χ4v) is 6.84. The lowest BCUT2D eigenvalue weighted by molar-refractivity contribution is 0.101. The lowest BCUT2D eigenvalue weighted by Crippen LogP contribution is -2.50. The van der Waals surface area contributed by atoms with Gasteiger partial charge in [-0.25, -0.2) is 13.2 Å². The van der Waals surface area contributed by atoms with Crippen molar-refractivity contribution in [2.45, 2.75) is 30.0 Å². The van der Waals surface area contributed by atoms with Crippen molar-refractivity contribution in [1.82, 2.24) is 9.47 Å². The number of carbonyl (C=O) groups excluding carboxylic acids is 2. The van der Waals surface area contributed by atoms with Gasteiger partial charge in [0.2, 0.25) is 0 Å². The van der Waals surface area contributed by atoms with Crippen LogP contribution >= 0.6 is 11.3 Å². The number of Topliss-reactive ketones (excluding diaryl/α,β-unsaturated/α-hetero) is 1. The summed E-state index contributed by atoms with van der Waals surface area (Å²) in [5.74, 6) is 0.0149. The Morgan fingerprint density at radius 2 is 1.80 bits per heavy atom. The maximum atomic E-state index is 13.1. The van der Waals surface area contributed by atoms with Crippen LogP contribution in [0.25, 0.3) is 0 Å². The van der Waals surface area contributed by atoms with E-state index in [1.165, 1.54) is 19.1 Å². The molecular weight excluding hydrogens is 488 g/mol. The van der Waals surface area contributed by atoms with Crippen LogP contribution in [-0.2, 0) is 16.6 Å². The number of nitrogens with one attached hydrogen (secondary N) is 2. The number of fused-ring (bicyclic) bond motifs is 4. The summed E-state index contributed by atoms with van der Waals surface area (Å²) in [6.07, 6.45) is 0.858. The van der Waals surface area contributed by atoms with E-state index in [1.807, 2.05) is 0 Å². The van der Waals surface area contributed by atoms with Crippen LogP contribution < -0.4 is 15.6 Å². The number of hydrogen-bond donors (Lipinski definition) is 2. The molecule has 0 saturated carbocycles. The first-order valence-electron chi connectivity index (χ1n) is 11.2. The fourth-order valence-electron chi connectivity index (χ4n) is 4.79. The van der Waals surface area contributed by atoms with Crippen molar-refractivity contribution in [3.63, 3.8) is 0 Å². The number of pyridine rings is 1. The minimum absolute atomic E-state index is 0.0192. The molecule has 1 saturated heterocycles. The molecule has 1 fully saturated rings. The molecule has 2 N–H and O–H groups in total. The quantitative estimate of drug-likeness (QED) is 0.507. The molecule has 1 aromatic carbocycles. The van der Waals surface area contributed by atoms with E-state index in [0.717, 1.165) is 23.5 Å². The molecule has 2 bridgehead atoms. The highest BCUT2D eigenvalue weighted by Crippen LogP contribution is 2.36. The van der Waals surface area contributed by atoms with E-state index in [0.29, 0.717) is 30.9 Å². The second kappa shape index (κ2) is 8.97. The molecule has 2 aliphatic heterocycles. The molecule has 4 heterocycles. The highest BCUT2D eigenvalue weighted by Gasteiger charge is 2.37. The third-order valence-corrected chi connectivity index (χ3v) is 9.20. The zero-order chi connectivity index (χ0) is 24.7. The van der Waals surface area contributed by atoms with E-state index in [4.69, 9.17) is 0 Å². The number of urea groups is 1. The Bertz CT molecular complexity index is 1450. The van der Waals surface area contributed by atoms with Gasteiger partial charge < -0.3 is 14.8 Å². The summed E-state index contributed by atoms with van der Waals surface area (Å²) in [6.45, 7) is 2.85. The second-order valence-corrected chi connectivity index (χ2v) is 11.7. The van der Waals surface area contributed by atoms with Crippen molar-refractivity contribution in [1.29, 1.82) is 0 Å². The zero-order valence-corrected chi connectivity index (χ0v) is 20.6. The number of hydrogen-bond acceptors (Lipinski definition) is 6. The standard InChI is InChI=1S/C24H24N4O5S2/c1-15(29)17-4-6-19(7-5-17)25-24(31)27-12-16-11-18(14-27)21-9-8-20(23(30)28(21)13-16)26-35(32,33)22-3-2-10-34-22/h2-10,16,18,26H,11-14H2,1H3,(H,25,31). The Labute approximate surface area is 206 Å². The molecule has 2 amide bonds. The highest BCUT2D eigenvalue weighted by molar-refractivity contribution is 7.94. The highest BCUT2D eigenvalue weighted by atomic mass is 32.2. The number of aromatic nitrogens is 1. The average molecular weight is 513 g/mol. The first-order valence-corrected chi connectivity index (χ1v) is 13.5. The number of thiophene rings is 1. The van der Waals surface area contributed by atoms with Crippen LogP contribution in [0.3, 0.4) is 0 Å². The molecule has 35 heavy (non-hydrogen) atoms. The number of nitrogens with zero attached hydrogens (tertiary/aromatic N) is 2. The number of sulfonamides is 1. The van der Waals surface area contributed by atoms with E-state index in [2.05, 4.69) is 10.0 Å². The lowest BCUT2D eigenvalue weighted by Gasteiger charge is -2.42. The molecule has 2 aromatic heterocycles. The van der Waals surface area contributed by atoms with Gasteiger partial charge in [0.15, 0.2) is 5.78 Å². The Hall–Kier alpha value is -3.44. The van der Waals surface area contributed by atoms with Crippen molar-refractivity contribution in [2.75, 3.05) is 23.1 Å².